The van der Waals surface area contributed by atoms with Crippen LogP contribution in [0.1, 0.15) is 23.6 Å². The third-order valence-corrected chi connectivity index (χ3v) is 3.42. The van der Waals surface area contributed by atoms with Crippen LogP contribution >= 0.6 is 12.4 Å². The highest BCUT2D eigenvalue weighted by molar-refractivity contribution is 5.85. The lowest BCUT2D eigenvalue weighted by Gasteiger charge is -2.35. The van der Waals surface area contributed by atoms with E-state index in [1.54, 1.807) is 0 Å². The summed E-state index contributed by atoms with van der Waals surface area (Å²) in [5.74, 6) is 0. The standard InChI is InChI=1S/C14H22N2O.ClH/c1-12-3-2-4-13(11-12)14(5-10-17)16-8-6-15-7-9-16;/h2-4,11,14-15,17H,5-10H2,1H3;1H/t14-;/m0./s1. The lowest BCUT2D eigenvalue weighted by Crippen LogP contribution is -2.45. The van der Waals surface area contributed by atoms with Crippen LogP contribution in [0.2, 0.25) is 0 Å². The first-order valence-electron chi connectivity index (χ1n) is 6.43. The molecule has 0 saturated carbocycles. The Morgan fingerprint density at radius 3 is 2.67 bits per heavy atom. The first kappa shape index (κ1) is 15.4. The molecule has 102 valence electrons. The number of aliphatic hydroxyl groups is 1. The number of piperazine rings is 1. The predicted octanol–water partition coefficient (Wildman–Crippen LogP) is 1.75. The molecule has 0 amide bonds. The first-order chi connectivity index (χ1) is 8.31. The topological polar surface area (TPSA) is 35.5 Å². The molecule has 0 bridgehead atoms. The molecule has 0 aromatic heterocycles. The van der Waals surface area contributed by atoms with Crippen LogP contribution in [-0.2, 0) is 0 Å². The van der Waals surface area contributed by atoms with Gasteiger partial charge >= 0.3 is 0 Å². The quantitative estimate of drug-likeness (QED) is 0.875. The van der Waals surface area contributed by atoms with Crippen LogP contribution in [0, 0.1) is 6.92 Å². The van der Waals surface area contributed by atoms with E-state index in [4.69, 9.17) is 0 Å². The van der Waals surface area contributed by atoms with Crippen molar-refractivity contribution in [1.29, 1.82) is 0 Å². The molecule has 0 aliphatic carbocycles. The lowest BCUT2D eigenvalue weighted by atomic mass is 10.00. The van der Waals surface area contributed by atoms with E-state index in [0.29, 0.717) is 6.04 Å². The number of hydrogen-bond donors (Lipinski definition) is 2. The zero-order valence-electron chi connectivity index (χ0n) is 10.9. The van der Waals surface area contributed by atoms with Crippen molar-refractivity contribution in [2.24, 2.45) is 0 Å². The van der Waals surface area contributed by atoms with Crippen molar-refractivity contribution in [1.82, 2.24) is 10.2 Å². The van der Waals surface area contributed by atoms with Gasteiger partial charge in [-0.2, -0.15) is 0 Å². The summed E-state index contributed by atoms with van der Waals surface area (Å²) in [5, 5.41) is 12.6. The van der Waals surface area contributed by atoms with Gasteiger partial charge in [0.2, 0.25) is 0 Å². The molecule has 18 heavy (non-hydrogen) atoms. The fourth-order valence-corrected chi connectivity index (χ4v) is 2.55. The van der Waals surface area contributed by atoms with E-state index in [9.17, 15) is 5.11 Å². The molecule has 0 radical (unpaired) electrons. The maximum Gasteiger partial charge on any atom is 0.0449 e. The number of benzene rings is 1. The van der Waals surface area contributed by atoms with Crippen molar-refractivity contribution in [2.75, 3.05) is 32.8 Å². The smallest absolute Gasteiger partial charge is 0.0449 e. The van der Waals surface area contributed by atoms with E-state index in [-0.39, 0.29) is 19.0 Å². The molecule has 0 spiro atoms. The summed E-state index contributed by atoms with van der Waals surface area (Å²) in [7, 11) is 0. The molecular formula is C14H23ClN2O. The molecule has 1 heterocycles. The van der Waals surface area contributed by atoms with Crippen LogP contribution in [0.25, 0.3) is 0 Å². The van der Waals surface area contributed by atoms with Crippen LogP contribution in [0.4, 0.5) is 0 Å². The summed E-state index contributed by atoms with van der Waals surface area (Å²) in [4.78, 5) is 2.47. The summed E-state index contributed by atoms with van der Waals surface area (Å²) in [6.07, 6.45) is 0.823. The normalized spacial score (nSPS) is 18.1. The fourth-order valence-electron chi connectivity index (χ4n) is 2.55. The van der Waals surface area contributed by atoms with Crippen molar-refractivity contribution in [3.05, 3.63) is 35.4 Å². The highest BCUT2D eigenvalue weighted by Crippen LogP contribution is 2.25. The third-order valence-electron chi connectivity index (χ3n) is 3.42. The van der Waals surface area contributed by atoms with Gasteiger partial charge in [-0.05, 0) is 18.9 Å². The average molecular weight is 271 g/mol. The van der Waals surface area contributed by atoms with Gasteiger partial charge in [0.25, 0.3) is 0 Å². The van der Waals surface area contributed by atoms with Gasteiger partial charge in [0, 0.05) is 38.8 Å². The fraction of sp³-hybridized carbons (Fsp3) is 0.571. The number of rotatable bonds is 4. The second-order valence-corrected chi connectivity index (χ2v) is 4.73. The minimum Gasteiger partial charge on any atom is -0.396 e. The zero-order valence-corrected chi connectivity index (χ0v) is 11.7. The molecule has 1 saturated heterocycles. The van der Waals surface area contributed by atoms with Gasteiger partial charge in [0.1, 0.15) is 0 Å². The van der Waals surface area contributed by atoms with Gasteiger partial charge in [-0.1, -0.05) is 29.8 Å². The van der Waals surface area contributed by atoms with Crippen LogP contribution in [-0.4, -0.2) is 42.8 Å². The molecule has 1 atom stereocenters. The number of aryl methyl sites for hydroxylation is 1. The van der Waals surface area contributed by atoms with E-state index in [1.807, 2.05) is 0 Å². The van der Waals surface area contributed by atoms with E-state index >= 15 is 0 Å². The molecule has 1 aliphatic rings. The van der Waals surface area contributed by atoms with E-state index < -0.39 is 0 Å². The Labute approximate surface area is 116 Å². The van der Waals surface area contributed by atoms with Crippen molar-refractivity contribution in [3.63, 3.8) is 0 Å². The zero-order chi connectivity index (χ0) is 12.1. The molecular weight excluding hydrogens is 248 g/mol. The highest BCUT2D eigenvalue weighted by Gasteiger charge is 2.21. The summed E-state index contributed by atoms with van der Waals surface area (Å²) < 4.78 is 0. The second kappa shape index (κ2) is 7.74. The molecule has 1 aromatic carbocycles. The van der Waals surface area contributed by atoms with Crippen molar-refractivity contribution < 1.29 is 5.11 Å². The van der Waals surface area contributed by atoms with E-state index in [0.717, 1.165) is 32.6 Å². The molecule has 2 N–H and O–H groups in total. The Morgan fingerprint density at radius 2 is 2.06 bits per heavy atom. The first-order valence-corrected chi connectivity index (χ1v) is 6.43. The molecule has 0 unspecified atom stereocenters. The Morgan fingerprint density at radius 1 is 1.33 bits per heavy atom. The van der Waals surface area contributed by atoms with Gasteiger partial charge in [0.05, 0.1) is 0 Å². The summed E-state index contributed by atoms with van der Waals surface area (Å²) in [6.45, 7) is 6.61. The van der Waals surface area contributed by atoms with Gasteiger partial charge in [-0.3, -0.25) is 4.90 Å². The van der Waals surface area contributed by atoms with E-state index in [1.165, 1.54) is 11.1 Å². The van der Waals surface area contributed by atoms with Crippen LogP contribution in [0.5, 0.6) is 0 Å². The van der Waals surface area contributed by atoms with Crippen LogP contribution < -0.4 is 5.32 Å². The predicted molar refractivity (Wildman–Crippen MR) is 77.3 cm³/mol. The molecule has 1 fully saturated rings. The van der Waals surface area contributed by atoms with Gasteiger partial charge in [-0.25, -0.2) is 0 Å². The molecule has 1 aromatic rings. The largest absolute Gasteiger partial charge is 0.396 e. The number of aliphatic hydroxyl groups excluding tert-OH is 1. The summed E-state index contributed by atoms with van der Waals surface area (Å²) >= 11 is 0. The van der Waals surface area contributed by atoms with Crippen LogP contribution in [0.3, 0.4) is 0 Å². The lowest BCUT2D eigenvalue weighted by molar-refractivity contribution is 0.141. The SMILES string of the molecule is Cc1cccc([C@H](CCO)N2CCNCC2)c1.Cl. The Bertz CT molecular complexity index is 353. The van der Waals surface area contributed by atoms with Crippen molar-refractivity contribution in [2.45, 2.75) is 19.4 Å². The summed E-state index contributed by atoms with van der Waals surface area (Å²) in [5.41, 5.74) is 2.63. The monoisotopic (exact) mass is 270 g/mol. The maximum absolute atomic E-state index is 9.26. The minimum atomic E-state index is 0. The van der Waals surface area contributed by atoms with Crippen molar-refractivity contribution >= 4 is 12.4 Å². The average Bonchev–Trinajstić information content (AvgIpc) is 2.37. The van der Waals surface area contributed by atoms with E-state index in [2.05, 4.69) is 41.4 Å². The molecule has 3 nitrogen and oxygen atoms in total. The van der Waals surface area contributed by atoms with Gasteiger partial charge < -0.3 is 10.4 Å². The Hall–Kier alpha value is -0.610. The molecule has 4 heteroatoms. The van der Waals surface area contributed by atoms with Gasteiger partial charge in [-0.15, -0.1) is 12.4 Å². The Kier molecular flexibility index (Phi) is 6.65. The molecule has 2 rings (SSSR count). The number of nitrogens with one attached hydrogen (secondary N) is 1. The van der Waals surface area contributed by atoms with Crippen LogP contribution in [0.15, 0.2) is 24.3 Å². The number of hydrogen-bond acceptors (Lipinski definition) is 3. The molecule has 1 aliphatic heterocycles. The highest BCUT2D eigenvalue weighted by atomic mass is 35.5. The minimum absolute atomic E-state index is 0. The second-order valence-electron chi connectivity index (χ2n) is 4.73. The van der Waals surface area contributed by atoms with Crippen molar-refractivity contribution in [3.8, 4) is 0 Å². The Balaban J connectivity index is 0.00000162. The third kappa shape index (κ3) is 3.95. The maximum atomic E-state index is 9.26. The summed E-state index contributed by atoms with van der Waals surface area (Å²) in [6, 6.07) is 9.01. The van der Waals surface area contributed by atoms with Gasteiger partial charge in [0.15, 0.2) is 0 Å². The number of halogens is 1. The number of nitrogens with zero attached hydrogens (tertiary/aromatic N) is 1.